The number of nitriles is 1. The Kier molecular flexibility index (Phi) is 6.84. The number of hydrogen-bond donors (Lipinski definition) is 2. The summed E-state index contributed by atoms with van der Waals surface area (Å²) >= 11 is 0. The first-order valence-corrected chi connectivity index (χ1v) is 8.89. The third kappa shape index (κ3) is 5.74. The molecule has 148 valence electrons. The van der Waals surface area contributed by atoms with Crippen LogP contribution in [0.15, 0.2) is 88.1 Å². The molecule has 0 aliphatic heterocycles. The minimum absolute atomic E-state index is 0.0224. The Morgan fingerprint density at radius 3 is 2.57 bits per heavy atom. The standard InChI is InChI=1S/C22H17N5O3/c23-13-16-6-4-5-9-21(16)30-15-22(29)27-24-14-17-12-19(10-11-20(17)28)26-25-18-7-2-1-3-8-18/h1-12,14,28H,15H2,(H,27,29). The summed E-state index contributed by atoms with van der Waals surface area (Å²) in [6.07, 6.45) is 1.29. The number of amides is 1. The largest absolute Gasteiger partial charge is 0.507 e. The smallest absolute Gasteiger partial charge is 0.277 e. The number of carbonyl (C=O) groups is 1. The number of hydrazone groups is 1. The molecule has 0 unspecified atom stereocenters. The van der Waals surface area contributed by atoms with Gasteiger partial charge >= 0.3 is 0 Å². The van der Waals surface area contributed by atoms with E-state index >= 15 is 0 Å². The molecule has 0 fully saturated rings. The summed E-state index contributed by atoms with van der Waals surface area (Å²) in [6, 6.07) is 22.5. The van der Waals surface area contributed by atoms with E-state index in [1.165, 1.54) is 12.3 Å². The van der Waals surface area contributed by atoms with Crippen molar-refractivity contribution in [3.8, 4) is 17.6 Å². The van der Waals surface area contributed by atoms with Gasteiger partial charge in [-0.05, 0) is 42.5 Å². The number of rotatable bonds is 7. The second kappa shape index (κ2) is 10.1. The monoisotopic (exact) mass is 399 g/mol. The van der Waals surface area contributed by atoms with Crippen LogP contribution in [-0.4, -0.2) is 23.8 Å². The van der Waals surface area contributed by atoms with Crippen LogP contribution in [0.3, 0.4) is 0 Å². The molecule has 0 radical (unpaired) electrons. The van der Waals surface area contributed by atoms with Gasteiger partial charge in [0.15, 0.2) is 6.61 Å². The Balaban J connectivity index is 1.58. The maximum Gasteiger partial charge on any atom is 0.277 e. The Hall–Kier alpha value is -4.51. The van der Waals surface area contributed by atoms with Crippen LogP contribution >= 0.6 is 0 Å². The van der Waals surface area contributed by atoms with Crippen LogP contribution < -0.4 is 10.2 Å². The molecule has 0 spiro atoms. The van der Waals surface area contributed by atoms with Crippen molar-refractivity contribution in [1.82, 2.24) is 5.43 Å². The zero-order valence-electron chi connectivity index (χ0n) is 15.8. The summed E-state index contributed by atoms with van der Waals surface area (Å²) in [6.45, 7) is -0.312. The number of phenolic OH excluding ortho intramolecular Hbond substituents is 1. The van der Waals surface area contributed by atoms with Crippen molar-refractivity contribution < 1.29 is 14.6 Å². The predicted molar refractivity (Wildman–Crippen MR) is 111 cm³/mol. The molecule has 3 aromatic rings. The molecule has 0 aromatic heterocycles. The summed E-state index contributed by atoms with van der Waals surface area (Å²) < 4.78 is 5.32. The fourth-order valence-electron chi connectivity index (χ4n) is 2.35. The van der Waals surface area contributed by atoms with Gasteiger partial charge < -0.3 is 9.84 Å². The van der Waals surface area contributed by atoms with Crippen molar-refractivity contribution in [2.75, 3.05) is 6.61 Å². The predicted octanol–water partition coefficient (Wildman–Crippen LogP) is 4.21. The highest BCUT2D eigenvalue weighted by Gasteiger charge is 2.06. The maximum absolute atomic E-state index is 11.9. The topological polar surface area (TPSA) is 119 Å². The van der Waals surface area contributed by atoms with Crippen molar-refractivity contribution >= 4 is 23.5 Å². The van der Waals surface area contributed by atoms with E-state index in [0.29, 0.717) is 28.3 Å². The summed E-state index contributed by atoms with van der Waals surface area (Å²) in [4.78, 5) is 11.9. The number of benzene rings is 3. The Bertz CT molecular complexity index is 1120. The normalized spacial score (nSPS) is 10.8. The number of azo groups is 1. The molecule has 0 aliphatic carbocycles. The second-order valence-corrected chi connectivity index (χ2v) is 5.97. The van der Waals surface area contributed by atoms with Gasteiger partial charge in [-0.1, -0.05) is 30.3 Å². The second-order valence-electron chi connectivity index (χ2n) is 5.97. The van der Waals surface area contributed by atoms with Gasteiger partial charge in [0.05, 0.1) is 23.2 Å². The first-order chi connectivity index (χ1) is 14.7. The van der Waals surface area contributed by atoms with Crippen molar-refractivity contribution in [2.45, 2.75) is 0 Å². The first-order valence-electron chi connectivity index (χ1n) is 8.89. The van der Waals surface area contributed by atoms with Gasteiger partial charge in [0.25, 0.3) is 5.91 Å². The van der Waals surface area contributed by atoms with Gasteiger partial charge in [-0.25, -0.2) is 5.43 Å². The van der Waals surface area contributed by atoms with Gasteiger partial charge in [0.2, 0.25) is 0 Å². The molecule has 1 amide bonds. The summed E-state index contributed by atoms with van der Waals surface area (Å²) in [5, 5.41) is 31.0. The van der Waals surface area contributed by atoms with Crippen LogP contribution in [0.25, 0.3) is 0 Å². The maximum atomic E-state index is 11.9. The third-order valence-corrected chi connectivity index (χ3v) is 3.81. The average Bonchev–Trinajstić information content (AvgIpc) is 2.79. The Morgan fingerprint density at radius 2 is 1.77 bits per heavy atom. The summed E-state index contributed by atoms with van der Waals surface area (Å²) in [7, 11) is 0. The van der Waals surface area contributed by atoms with E-state index in [1.807, 2.05) is 36.4 Å². The number of ether oxygens (including phenoxy) is 1. The van der Waals surface area contributed by atoms with Crippen LogP contribution in [0.2, 0.25) is 0 Å². The molecule has 0 saturated heterocycles. The zero-order chi connectivity index (χ0) is 21.2. The number of nitrogens with zero attached hydrogens (tertiary/aromatic N) is 4. The molecule has 8 nitrogen and oxygen atoms in total. The highest BCUT2D eigenvalue weighted by Crippen LogP contribution is 2.24. The molecule has 0 saturated carbocycles. The van der Waals surface area contributed by atoms with Gasteiger partial charge in [-0.15, -0.1) is 0 Å². The van der Waals surface area contributed by atoms with E-state index in [9.17, 15) is 9.90 Å². The molecule has 8 heteroatoms. The summed E-state index contributed by atoms with van der Waals surface area (Å²) in [5.41, 5.74) is 4.21. The van der Waals surface area contributed by atoms with E-state index in [0.717, 1.165) is 0 Å². The van der Waals surface area contributed by atoms with Gasteiger partial charge in [-0.2, -0.15) is 20.6 Å². The van der Waals surface area contributed by atoms with Crippen molar-refractivity contribution in [1.29, 1.82) is 5.26 Å². The lowest BCUT2D eigenvalue weighted by molar-refractivity contribution is -0.123. The lowest BCUT2D eigenvalue weighted by Crippen LogP contribution is -2.24. The summed E-state index contributed by atoms with van der Waals surface area (Å²) in [5.74, 6) is -0.225. The molecule has 0 aliphatic rings. The molecule has 2 N–H and O–H groups in total. The van der Waals surface area contributed by atoms with E-state index < -0.39 is 5.91 Å². The van der Waals surface area contributed by atoms with Gasteiger partial charge in [0.1, 0.15) is 17.6 Å². The molecule has 3 rings (SSSR count). The van der Waals surface area contributed by atoms with Gasteiger partial charge in [-0.3, -0.25) is 4.79 Å². The minimum atomic E-state index is -0.515. The first kappa shape index (κ1) is 20.2. The van der Waals surface area contributed by atoms with Crippen LogP contribution in [0.5, 0.6) is 11.5 Å². The number of carbonyl (C=O) groups excluding carboxylic acids is 1. The Labute approximate surface area is 172 Å². The lowest BCUT2D eigenvalue weighted by atomic mass is 10.2. The molecular weight excluding hydrogens is 382 g/mol. The van der Waals surface area contributed by atoms with E-state index in [1.54, 1.807) is 36.4 Å². The average molecular weight is 399 g/mol. The fourth-order valence-corrected chi connectivity index (χ4v) is 2.35. The molecule has 0 heterocycles. The Morgan fingerprint density at radius 1 is 1.03 bits per heavy atom. The zero-order valence-corrected chi connectivity index (χ0v) is 15.8. The van der Waals surface area contributed by atoms with E-state index in [2.05, 4.69) is 20.8 Å². The third-order valence-electron chi connectivity index (χ3n) is 3.81. The molecule has 3 aromatic carbocycles. The van der Waals surface area contributed by atoms with Gasteiger partial charge in [0, 0.05) is 5.56 Å². The minimum Gasteiger partial charge on any atom is -0.507 e. The fraction of sp³-hybridized carbons (Fsp3) is 0.0455. The molecule has 0 atom stereocenters. The van der Waals surface area contributed by atoms with Crippen LogP contribution in [-0.2, 0) is 4.79 Å². The highest BCUT2D eigenvalue weighted by molar-refractivity contribution is 5.86. The highest BCUT2D eigenvalue weighted by atomic mass is 16.5. The van der Waals surface area contributed by atoms with E-state index in [-0.39, 0.29) is 12.4 Å². The van der Waals surface area contributed by atoms with Crippen LogP contribution in [0.4, 0.5) is 11.4 Å². The van der Waals surface area contributed by atoms with Crippen molar-refractivity contribution in [2.24, 2.45) is 15.3 Å². The van der Waals surface area contributed by atoms with E-state index in [4.69, 9.17) is 10.00 Å². The number of aromatic hydroxyl groups is 1. The number of para-hydroxylation sites is 1. The number of phenols is 1. The lowest BCUT2D eigenvalue weighted by Gasteiger charge is -2.06. The number of hydrogen-bond acceptors (Lipinski definition) is 7. The molecular formula is C22H17N5O3. The molecule has 30 heavy (non-hydrogen) atoms. The van der Waals surface area contributed by atoms with Crippen LogP contribution in [0, 0.1) is 11.3 Å². The SMILES string of the molecule is N#Cc1ccccc1OCC(=O)NN=Cc1cc(N=Nc2ccccc2)ccc1O. The van der Waals surface area contributed by atoms with Crippen molar-refractivity contribution in [3.05, 3.63) is 83.9 Å². The molecule has 0 bridgehead atoms. The van der Waals surface area contributed by atoms with Crippen LogP contribution in [0.1, 0.15) is 11.1 Å². The number of nitrogens with one attached hydrogen (secondary N) is 1. The van der Waals surface area contributed by atoms with Crippen molar-refractivity contribution in [3.63, 3.8) is 0 Å². The quantitative estimate of drug-likeness (QED) is 0.351.